The number of sulfonamides is 1. The molecule has 3 aromatic rings. The van der Waals surface area contributed by atoms with Crippen LogP contribution in [-0.4, -0.2) is 50.3 Å². The molecule has 0 heterocycles. The Bertz CT molecular complexity index is 1780. The quantitative estimate of drug-likeness (QED) is 0.269. The molecule has 5 rings (SSSR count). The third kappa shape index (κ3) is 6.46. The SMILES string of the molecule is COc1ccc(N(CC(F)(F)F)S(=O)(=O)C2CC3C(=O)C2C(c2ccc(O)cc2)=C3c2ccc(NC(=O)C=C(C)C)cc2)cc1. The molecular weight excluding hydrogens is 609 g/mol. The van der Waals surface area contributed by atoms with Gasteiger partial charge >= 0.3 is 6.18 Å². The number of alkyl halides is 3. The number of hydrogen-bond donors (Lipinski definition) is 2. The van der Waals surface area contributed by atoms with Crippen molar-refractivity contribution in [2.24, 2.45) is 11.8 Å². The smallest absolute Gasteiger partial charge is 0.407 e. The standard InChI is InChI=1S/C33H31F3N2O6S/c1-19(2)16-28(40)37-22-8-4-20(5-9-22)29-26-17-27(31(32(26)41)30(29)21-6-12-24(39)13-7-21)45(42,43)38(18-33(34,35)36)23-10-14-25(44-3)15-11-23/h4-16,26-27,31,39H,17-18H2,1-3H3,(H,37,40). The van der Waals surface area contributed by atoms with Crippen molar-refractivity contribution in [2.75, 3.05) is 23.3 Å². The lowest BCUT2D eigenvalue weighted by molar-refractivity contribution is -0.120. The first-order valence-corrected chi connectivity index (χ1v) is 15.6. The molecule has 3 atom stereocenters. The lowest BCUT2D eigenvalue weighted by atomic mass is 9.83. The number of nitrogens with one attached hydrogen (secondary N) is 1. The molecule has 2 N–H and O–H groups in total. The topological polar surface area (TPSA) is 113 Å². The molecule has 3 unspecified atom stereocenters. The number of ether oxygens (including phenoxy) is 1. The van der Waals surface area contributed by atoms with Crippen LogP contribution in [0.4, 0.5) is 24.5 Å². The van der Waals surface area contributed by atoms with E-state index in [4.69, 9.17) is 4.74 Å². The zero-order valence-electron chi connectivity index (χ0n) is 24.6. The molecule has 0 radical (unpaired) electrons. The van der Waals surface area contributed by atoms with E-state index in [1.807, 2.05) is 0 Å². The van der Waals surface area contributed by atoms with E-state index >= 15 is 0 Å². The van der Waals surface area contributed by atoms with Crippen LogP contribution in [0.15, 0.2) is 84.4 Å². The van der Waals surface area contributed by atoms with Crippen molar-refractivity contribution in [3.63, 3.8) is 0 Å². The fraction of sp³-hybridized carbons (Fsp3) is 0.273. The fourth-order valence-electron chi connectivity index (χ4n) is 6.03. The summed E-state index contributed by atoms with van der Waals surface area (Å²) in [4.78, 5) is 26.0. The van der Waals surface area contributed by atoms with Crippen molar-refractivity contribution in [2.45, 2.75) is 31.7 Å². The van der Waals surface area contributed by atoms with Crippen molar-refractivity contribution >= 4 is 44.2 Å². The number of ketones is 1. The van der Waals surface area contributed by atoms with Crippen molar-refractivity contribution in [1.82, 2.24) is 0 Å². The number of hydrogen-bond acceptors (Lipinski definition) is 6. The molecular formula is C33H31F3N2O6S. The number of methoxy groups -OCH3 is 1. The molecule has 1 saturated carbocycles. The second kappa shape index (κ2) is 12.1. The van der Waals surface area contributed by atoms with E-state index in [0.29, 0.717) is 38.0 Å². The van der Waals surface area contributed by atoms with Gasteiger partial charge in [0.15, 0.2) is 0 Å². The summed E-state index contributed by atoms with van der Waals surface area (Å²) < 4.78 is 75.1. The highest BCUT2D eigenvalue weighted by atomic mass is 32.2. The molecule has 0 aliphatic heterocycles. The number of rotatable bonds is 9. The van der Waals surface area contributed by atoms with Crippen molar-refractivity contribution in [3.05, 3.63) is 95.6 Å². The number of benzene rings is 3. The minimum atomic E-state index is -4.86. The molecule has 1 amide bonds. The number of anilines is 2. The van der Waals surface area contributed by atoms with Gasteiger partial charge in [0.05, 0.1) is 24.0 Å². The maximum atomic E-state index is 14.1. The van der Waals surface area contributed by atoms with Crippen LogP contribution in [-0.2, 0) is 19.6 Å². The molecule has 2 bridgehead atoms. The van der Waals surface area contributed by atoms with Crippen LogP contribution in [0, 0.1) is 11.8 Å². The van der Waals surface area contributed by atoms with Crippen LogP contribution in [0.5, 0.6) is 11.5 Å². The Balaban J connectivity index is 1.59. The fourth-order valence-corrected chi connectivity index (χ4v) is 8.15. The van der Waals surface area contributed by atoms with Gasteiger partial charge in [0.25, 0.3) is 0 Å². The number of carbonyl (C=O) groups is 2. The third-order valence-electron chi connectivity index (χ3n) is 7.87. The Labute approximate surface area is 258 Å². The lowest BCUT2D eigenvalue weighted by Crippen LogP contribution is -2.46. The summed E-state index contributed by atoms with van der Waals surface area (Å²) in [5.41, 5.74) is 3.14. The van der Waals surface area contributed by atoms with E-state index in [-0.39, 0.29) is 23.8 Å². The number of fused-ring (bicyclic) bond motifs is 2. The highest BCUT2D eigenvalue weighted by Crippen LogP contribution is 2.56. The zero-order chi connectivity index (χ0) is 32.7. The number of nitrogens with zero attached hydrogens (tertiary/aromatic N) is 1. The van der Waals surface area contributed by atoms with Crippen LogP contribution < -0.4 is 14.4 Å². The maximum absolute atomic E-state index is 14.1. The first-order valence-electron chi connectivity index (χ1n) is 14.1. The number of aromatic hydroxyl groups is 1. The van der Waals surface area contributed by atoms with E-state index < -0.39 is 45.6 Å². The largest absolute Gasteiger partial charge is 0.508 e. The van der Waals surface area contributed by atoms with Gasteiger partial charge < -0.3 is 15.2 Å². The van der Waals surface area contributed by atoms with Crippen molar-refractivity contribution < 1.29 is 41.0 Å². The van der Waals surface area contributed by atoms with Crippen LogP contribution in [0.1, 0.15) is 31.4 Å². The number of allylic oxidation sites excluding steroid dienone is 3. The Morgan fingerprint density at radius 2 is 1.56 bits per heavy atom. The van der Waals surface area contributed by atoms with Gasteiger partial charge in [-0.15, -0.1) is 0 Å². The van der Waals surface area contributed by atoms with Gasteiger partial charge in [0.2, 0.25) is 15.9 Å². The summed E-state index contributed by atoms with van der Waals surface area (Å²) in [7, 11) is -3.36. The minimum absolute atomic E-state index is 0.0492. The highest BCUT2D eigenvalue weighted by molar-refractivity contribution is 7.93. The van der Waals surface area contributed by atoms with Crippen LogP contribution in [0.2, 0.25) is 0 Å². The average molecular weight is 641 g/mol. The lowest BCUT2D eigenvalue weighted by Gasteiger charge is -2.33. The molecule has 8 nitrogen and oxygen atoms in total. The number of phenols is 1. The van der Waals surface area contributed by atoms with Crippen molar-refractivity contribution in [3.8, 4) is 11.5 Å². The van der Waals surface area contributed by atoms with E-state index in [1.54, 1.807) is 50.2 Å². The maximum Gasteiger partial charge on any atom is 0.407 e. The highest BCUT2D eigenvalue weighted by Gasteiger charge is 2.59. The van der Waals surface area contributed by atoms with Gasteiger partial charge in [0.1, 0.15) is 23.8 Å². The Hall–Kier alpha value is -4.58. The molecule has 0 aromatic heterocycles. The number of halogens is 3. The van der Waals surface area contributed by atoms with E-state index in [9.17, 15) is 36.3 Å². The summed E-state index contributed by atoms with van der Waals surface area (Å²) in [6.07, 6.45) is -3.62. The summed E-state index contributed by atoms with van der Waals surface area (Å²) in [5, 5.41) is 11.2. The molecule has 0 saturated heterocycles. The van der Waals surface area contributed by atoms with Crippen LogP contribution >= 0.6 is 0 Å². The summed E-state index contributed by atoms with van der Waals surface area (Å²) in [5.74, 6) is -2.56. The van der Waals surface area contributed by atoms with E-state index in [2.05, 4.69) is 5.32 Å². The molecule has 0 spiro atoms. The van der Waals surface area contributed by atoms with Gasteiger partial charge in [0, 0.05) is 17.7 Å². The average Bonchev–Trinajstić information content (AvgIpc) is 3.46. The summed E-state index contributed by atoms with van der Waals surface area (Å²) in [6.45, 7) is 1.81. The number of carbonyl (C=O) groups excluding carboxylic acids is 2. The summed E-state index contributed by atoms with van der Waals surface area (Å²) in [6, 6.07) is 17.8. The Morgan fingerprint density at radius 3 is 2.11 bits per heavy atom. The third-order valence-corrected chi connectivity index (χ3v) is 10.1. The van der Waals surface area contributed by atoms with E-state index in [1.165, 1.54) is 49.6 Å². The molecule has 2 aliphatic carbocycles. The zero-order valence-corrected chi connectivity index (χ0v) is 25.4. The second-order valence-corrected chi connectivity index (χ2v) is 13.3. The number of phenolic OH excluding ortho intramolecular Hbond substituents is 1. The predicted octanol–water partition coefficient (Wildman–Crippen LogP) is 6.20. The van der Waals surface area contributed by atoms with Crippen molar-refractivity contribution in [1.29, 1.82) is 0 Å². The molecule has 3 aromatic carbocycles. The Kier molecular flexibility index (Phi) is 8.54. The monoisotopic (exact) mass is 640 g/mol. The summed E-state index contributed by atoms with van der Waals surface area (Å²) >= 11 is 0. The van der Waals surface area contributed by atoms with Gasteiger partial charge in [-0.2, -0.15) is 13.2 Å². The minimum Gasteiger partial charge on any atom is -0.508 e. The normalized spacial score (nSPS) is 19.4. The van der Waals surface area contributed by atoms with Gasteiger partial charge in [-0.3, -0.25) is 13.9 Å². The Morgan fingerprint density at radius 1 is 0.978 bits per heavy atom. The molecule has 1 fully saturated rings. The van der Waals surface area contributed by atoms with Gasteiger partial charge in [-0.25, -0.2) is 8.42 Å². The first kappa shape index (κ1) is 31.8. The van der Waals surface area contributed by atoms with Gasteiger partial charge in [-0.1, -0.05) is 29.8 Å². The molecule has 12 heteroatoms. The molecule has 2 aliphatic rings. The predicted molar refractivity (Wildman–Crippen MR) is 165 cm³/mol. The van der Waals surface area contributed by atoms with Crippen LogP contribution in [0.25, 0.3) is 11.1 Å². The molecule has 45 heavy (non-hydrogen) atoms. The molecule has 236 valence electrons. The van der Waals surface area contributed by atoms with Gasteiger partial charge in [-0.05, 0) is 91.1 Å². The number of Topliss-reactive ketones (excluding diaryl/α,β-unsaturated/α-hetero) is 1. The second-order valence-electron chi connectivity index (χ2n) is 11.2. The van der Waals surface area contributed by atoms with E-state index in [0.717, 1.165) is 5.57 Å². The van der Waals surface area contributed by atoms with Crippen LogP contribution in [0.3, 0.4) is 0 Å². The number of amides is 1. The first-order chi connectivity index (χ1) is 21.2.